The molecule has 2 N–H and O–H groups in total. The zero-order valence-electron chi connectivity index (χ0n) is 11.3. The maximum absolute atomic E-state index is 11.9. The van der Waals surface area contributed by atoms with Gasteiger partial charge in [0.15, 0.2) is 0 Å². The molecule has 1 aliphatic rings. The predicted molar refractivity (Wildman–Crippen MR) is 73.1 cm³/mol. The second-order valence-corrected chi connectivity index (χ2v) is 4.80. The maximum atomic E-state index is 11.9. The molecule has 19 heavy (non-hydrogen) atoms. The lowest BCUT2D eigenvalue weighted by Crippen LogP contribution is -2.30. The average Bonchev–Trinajstić information content (AvgIpc) is 2.59. The monoisotopic (exact) mass is 258 g/mol. The van der Waals surface area contributed by atoms with Gasteiger partial charge in [-0.2, -0.15) is 0 Å². The van der Waals surface area contributed by atoms with Crippen molar-refractivity contribution in [3.05, 3.63) is 46.5 Å². The van der Waals surface area contributed by atoms with Crippen LogP contribution in [0.2, 0.25) is 0 Å². The molecule has 0 unspecified atom stereocenters. The van der Waals surface area contributed by atoms with Crippen LogP contribution in [0.25, 0.3) is 0 Å². The molecule has 0 fully saturated rings. The molecule has 2 amide bonds. The van der Waals surface area contributed by atoms with E-state index in [1.807, 2.05) is 24.3 Å². The minimum absolute atomic E-state index is 0.187. The molecular weight excluding hydrogens is 240 g/mol. The molecule has 1 aromatic rings. The Morgan fingerprint density at radius 2 is 1.42 bits per heavy atom. The highest BCUT2D eigenvalue weighted by atomic mass is 16.2. The third-order valence-corrected chi connectivity index (χ3v) is 3.49. The Balaban J connectivity index is 2.10. The summed E-state index contributed by atoms with van der Waals surface area (Å²) in [5.41, 5.74) is 8.70. The van der Waals surface area contributed by atoms with Crippen LogP contribution in [-0.4, -0.2) is 23.3 Å². The zero-order valence-corrected chi connectivity index (χ0v) is 11.3. The molecule has 0 radical (unpaired) electrons. The van der Waals surface area contributed by atoms with Crippen molar-refractivity contribution in [3.63, 3.8) is 0 Å². The number of amides is 2. The Kier molecular flexibility index (Phi) is 3.81. The predicted octanol–water partition coefficient (Wildman–Crippen LogP) is 1.39. The summed E-state index contributed by atoms with van der Waals surface area (Å²) in [6.07, 6.45) is 0.835. The van der Waals surface area contributed by atoms with Gasteiger partial charge >= 0.3 is 0 Å². The number of hydrogen-bond acceptors (Lipinski definition) is 3. The van der Waals surface area contributed by atoms with Crippen molar-refractivity contribution in [1.82, 2.24) is 4.90 Å². The fourth-order valence-corrected chi connectivity index (χ4v) is 2.12. The number of benzene rings is 1. The molecule has 0 atom stereocenters. The van der Waals surface area contributed by atoms with Gasteiger partial charge in [0.05, 0.1) is 6.54 Å². The number of carbonyl (C=O) groups excluding carboxylic acids is 2. The van der Waals surface area contributed by atoms with Crippen LogP contribution in [0.3, 0.4) is 0 Å². The van der Waals surface area contributed by atoms with Gasteiger partial charge in [-0.05, 0) is 37.9 Å². The van der Waals surface area contributed by atoms with E-state index < -0.39 is 0 Å². The summed E-state index contributed by atoms with van der Waals surface area (Å²) < 4.78 is 0. The molecule has 0 spiro atoms. The van der Waals surface area contributed by atoms with Crippen LogP contribution in [0, 0.1) is 0 Å². The van der Waals surface area contributed by atoms with Crippen LogP contribution in [0.15, 0.2) is 35.4 Å². The fraction of sp³-hybridized carbons (Fsp3) is 0.333. The third kappa shape index (κ3) is 2.58. The van der Waals surface area contributed by atoms with E-state index in [2.05, 4.69) is 0 Å². The van der Waals surface area contributed by atoms with Crippen LogP contribution in [0.5, 0.6) is 0 Å². The SMILES string of the molecule is CC1=C(C)C(=O)N(Cc2ccc(CCN)cc2)C1=O. The molecule has 100 valence electrons. The van der Waals surface area contributed by atoms with E-state index in [9.17, 15) is 9.59 Å². The number of nitrogens with zero attached hydrogens (tertiary/aromatic N) is 1. The Hall–Kier alpha value is -1.94. The molecule has 0 saturated carbocycles. The van der Waals surface area contributed by atoms with Gasteiger partial charge < -0.3 is 5.73 Å². The van der Waals surface area contributed by atoms with E-state index in [4.69, 9.17) is 5.73 Å². The van der Waals surface area contributed by atoms with Crippen molar-refractivity contribution in [3.8, 4) is 0 Å². The first-order valence-electron chi connectivity index (χ1n) is 6.36. The molecule has 1 aliphatic heterocycles. The summed E-state index contributed by atoms with van der Waals surface area (Å²) in [4.78, 5) is 25.2. The van der Waals surface area contributed by atoms with Crippen LogP contribution in [0.1, 0.15) is 25.0 Å². The van der Waals surface area contributed by atoms with Gasteiger partial charge in [-0.1, -0.05) is 24.3 Å². The Morgan fingerprint density at radius 3 is 1.89 bits per heavy atom. The summed E-state index contributed by atoms with van der Waals surface area (Å²) >= 11 is 0. The summed E-state index contributed by atoms with van der Waals surface area (Å²) in [6.45, 7) is 4.33. The van der Waals surface area contributed by atoms with E-state index >= 15 is 0 Å². The lowest BCUT2D eigenvalue weighted by Gasteiger charge is -2.15. The minimum Gasteiger partial charge on any atom is -0.330 e. The smallest absolute Gasteiger partial charge is 0.257 e. The second kappa shape index (κ2) is 5.36. The number of imide groups is 1. The summed E-state index contributed by atoms with van der Waals surface area (Å²) in [5, 5.41) is 0. The van der Waals surface area contributed by atoms with Gasteiger partial charge in [0.2, 0.25) is 0 Å². The van der Waals surface area contributed by atoms with E-state index in [1.54, 1.807) is 13.8 Å². The van der Waals surface area contributed by atoms with Gasteiger partial charge in [0.25, 0.3) is 11.8 Å². The molecule has 1 aromatic carbocycles. The lowest BCUT2D eigenvalue weighted by atomic mass is 10.1. The van der Waals surface area contributed by atoms with E-state index in [0.29, 0.717) is 24.2 Å². The number of rotatable bonds is 4. The Bertz CT molecular complexity index is 520. The summed E-state index contributed by atoms with van der Waals surface area (Å²) in [7, 11) is 0. The zero-order chi connectivity index (χ0) is 14.0. The van der Waals surface area contributed by atoms with E-state index in [0.717, 1.165) is 17.5 Å². The minimum atomic E-state index is -0.187. The van der Waals surface area contributed by atoms with Gasteiger partial charge in [0.1, 0.15) is 0 Å². The highest BCUT2D eigenvalue weighted by Crippen LogP contribution is 2.22. The molecule has 2 rings (SSSR count). The Morgan fingerprint density at radius 1 is 0.947 bits per heavy atom. The maximum Gasteiger partial charge on any atom is 0.257 e. The second-order valence-electron chi connectivity index (χ2n) is 4.80. The van der Waals surface area contributed by atoms with Gasteiger partial charge in [-0.15, -0.1) is 0 Å². The van der Waals surface area contributed by atoms with Gasteiger partial charge in [0, 0.05) is 11.1 Å². The topological polar surface area (TPSA) is 63.4 Å². The van der Waals surface area contributed by atoms with Gasteiger partial charge in [-0.3, -0.25) is 14.5 Å². The van der Waals surface area contributed by atoms with Crippen LogP contribution < -0.4 is 5.73 Å². The average molecular weight is 258 g/mol. The van der Waals surface area contributed by atoms with Crippen molar-refractivity contribution in [2.24, 2.45) is 5.73 Å². The van der Waals surface area contributed by atoms with Crippen molar-refractivity contribution in [2.45, 2.75) is 26.8 Å². The van der Waals surface area contributed by atoms with E-state index in [-0.39, 0.29) is 11.8 Å². The summed E-state index contributed by atoms with van der Waals surface area (Å²) in [5.74, 6) is -0.373. The quantitative estimate of drug-likeness (QED) is 0.830. The standard InChI is InChI=1S/C15H18N2O2/c1-10-11(2)15(19)17(14(10)18)9-13-5-3-12(4-6-13)7-8-16/h3-6H,7-9,16H2,1-2H3. The highest BCUT2D eigenvalue weighted by molar-refractivity contribution is 6.18. The molecule has 0 bridgehead atoms. The van der Waals surface area contributed by atoms with Crippen molar-refractivity contribution in [2.75, 3.05) is 6.54 Å². The van der Waals surface area contributed by atoms with Crippen LogP contribution >= 0.6 is 0 Å². The third-order valence-electron chi connectivity index (χ3n) is 3.49. The Labute approximate surface area is 112 Å². The van der Waals surface area contributed by atoms with E-state index in [1.165, 1.54) is 4.90 Å². The summed E-state index contributed by atoms with van der Waals surface area (Å²) in [6, 6.07) is 7.85. The molecular formula is C15H18N2O2. The van der Waals surface area contributed by atoms with Crippen molar-refractivity contribution < 1.29 is 9.59 Å². The van der Waals surface area contributed by atoms with Crippen LogP contribution in [-0.2, 0) is 22.6 Å². The highest BCUT2D eigenvalue weighted by Gasteiger charge is 2.32. The van der Waals surface area contributed by atoms with Crippen molar-refractivity contribution in [1.29, 1.82) is 0 Å². The normalized spacial score (nSPS) is 15.6. The lowest BCUT2D eigenvalue weighted by molar-refractivity contribution is -0.138. The number of nitrogens with two attached hydrogens (primary N) is 1. The first kappa shape index (κ1) is 13.5. The number of carbonyl (C=O) groups is 2. The number of hydrogen-bond donors (Lipinski definition) is 1. The first-order chi connectivity index (χ1) is 9.04. The first-order valence-corrected chi connectivity index (χ1v) is 6.36. The molecule has 1 heterocycles. The van der Waals surface area contributed by atoms with Crippen LogP contribution in [0.4, 0.5) is 0 Å². The largest absolute Gasteiger partial charge is 0.330 e. The molecule has 4 heteroatoms. The molecule has 0 aromatic heterocycles. The molecule has 4 nitrogen and oxygen atoms in total. The van der Waals surface area contributed by atoms with Gasteiger partial charge in [-0.25, -0.2) is 0 Å². The molecule has 0 aliphatic carbocycles. The molecule has 0 saturated heterocycles. The van der Waals surface area contributed by atoms with Crippen molar-refractivity contribution >= 4 is 11.8 Å². The fourth-order valence-electron chi connectivity index (χ4n) is 2.12.